The molecule has 0 saturated carbocycles. The fourth-order valence-electron chi connectivity index (χ4n) is 1.23. The van der Waals surface area contributed by atoms with Crippen LogP contribution < -0.4 is 10.6 Å². The lowest BCUT2D eigenvalue weighted by Gasteiger charge is -2.13. The van der Waals surface area contributed by atoms with Crippen LogP contribution in [0.3, 0.4) is 0 Å². The van der Waals surface area contributed by atoms with Gasteiger partial charge in [-0.3, -0.25) is 0 Å². The molecule has 0 radical (unpaired) electrons. The number of amides is 2. The normalized spacial score (nSPS) is 12.9. The second-order valence-electron chi connectivity index (χ2n) is 3.61. The number of alkyl halides is 3. The largest absolute Gasteiger partial charge is 0.405 e. The van der Waals surface area contributed by atoms with E-state index in [0.29, 0.717) is 5.56 Å². The second kappa shape index (κ2) is 6.25. The lowest BCUT2D eigenvalue weighted by molar-refractivity contribution is -0.122. The molecule has 0 saturated heterocycles. The van der Waals surface area contributed by atoms with Crippen molar-refractivity contribution in [2.24, 2.45) is 0 Å². The molecular weight excluding hydrogens is 249 g/mol. The third-order valence-corrected chi connectivity index (χ3v) is 2.09. The first-order valence-corrected chi connectivity index (χ1v) is 5.20. The van der Waals surface area contributed by atoms with Gasteiger partial charge >= 0.3 is 12.2 Å². The van der Waals surface area contributed by atoms with Crippen molar-refractivity contribution in [1.82, 2.24) is 10.6 Å². The van der Waals surface area contributed by atoms with Crippen LogP contribution in [0.15, 0.2) is 30.3 Å². The van der Waals surface area contributed by atoms with Crippen molar-refractivity contribution < 1.29 is 23.1 Å². The van der Waals surface area contributed by atoms with E-state index in [1.54, 1.807) is 35.6 Å². The number of urea groups is 1. The summed E-state index contributed by atoms with van der Waals surface area (Å²) in [5, 5.41) is 13.4. The molecule has 0 fully saturated rings. The maximum atomic E-state index is 11.8. The van der Waals surface area contributed by atoms with Gasteiger partial charge in [-0.1, -0.05) is 30.3 Å². The maximum Gasteiger partial charge on any atom is 0.405 e. The minimum Gasteiger partial charge on any atom is -0.387 e. The Morgan fingerprint density at radius 1 is 1.22 bits per heavy atom. The molecule has 0 aliphatic carbocycles. The van der Waals surface area contributed by atoms with Crippen molar-refractivity contribution in [3.8, 4) is 0 Å². The molecule has 1 aromatic rings. The number of carbonyl (C=O) groups excluding carboxylic acids is 1. The summed E-state index contributed by atoms with van der Waals surface area (Å²) in [7, 11) is 0. The zero-order valence-corrected chi connectivity index (χ0v) is 9.37. The number of benzene rings is 1. The predicted octanol–water partition coefficient (Wildman–Crippen LogP) is 1.58. The van der Waals surface area contributed by atoms with Gasteiger partial charge in [-0.25, -0.2) is 4.79 Å². The Balaban J connectivity index is 2.31. The Morgan fingerprint density at radius 2 is 1.83 bits per heavy atom. The van der Waals surface area contributed by atoms with E-state index in [-0.39, 0.29) is 6.54 Å². The van der Waals surface area contributed by atoms with Crippen molar-refractivity contribution in [2.45, 2.75) is 12.3 Å². The van der Waals surface area contributed by atoms with Gasteiger partial charge in [0, 0.05) is 6.54 Å². The highest BCUT2D eigenvalue weighted by Crippen LogP contribution is 2.12. The molecule has 0 aliphatic rings. The average molecular weight is 262 g/mol. The van der Waals surface area contributed by atoms with Crippen molar-refractivity contribution in [3.05, 3.63) is 35.9 Å². The number of rotatable bonds is 4. The van der Waals surface area contributed by atoms with Crippen LogP contribution in [-0.4, -0.2) is 30.4 Å². The molecular formula is C11H13F3N2O2. The van der Waals surface area contributed by atoms with Crippen LogP contribution in [0.25, 0.3) is 0 Å². The fraction of sp³-hybridized carbons (Fsp3) is 0.364. The van der Waals surface area contributed by atoms with Crippen LogP contribution >= 0.6 is 0 Å². The summed E-state index contributed by atoms with van der Waals surface area (Å²) in [6.07, 6.45) is -5.40. The van der Waals surface area contributed by atoms with E-state index in [1.807, 2.05) is 0 Å². The van der Waals surface area contributed by atoms with Crippen LogP contribution in [0.2, 0.25) is 0 Å². The van der Waals surface area contributed by atoms with E-state index in [4.69, 9.17) is 0 Å². The zero-order valence-electron chi connectivity index (χ0n) is 9.37. The highest BCUT2D eigenvalue weighted by molar-refractivity contribution is 5.73. The van der Waals surface area contributed by atoms with Crippen molar-refractivity contribution in [2.75, 3.05) is 13.1 Å². The minimum absolute atomic E-state index is 0.159. The van der Waals surface area contributed by atoms with E-state index >= 15 is 0 Å². The van der Waals surface area contributed by atoms with Gasteiger partial charge in [-0.15, -0.1) is 0 Å². The molecule has 0 aromatic heterocycles. The van der Waals surface area contributed by atoms with E-state index in [2.05, 4.69) is 5.32 Å². The third kappa shape index (κ3) is 5.53. The minimum atomic E-state index is -4.45. The van der Waals surface area contributed by atoms with Crippen LogP contribution in [-0.2, 0) is 0 Å². The summed E-state index contributed by atoms with van der Waals surface area (Å²) in [6, 6.07) is 7.52. The predicted molar refractivity (Wildman–Crippen MR) is 58.9 cm³/mol. The standard InChI is InChI=1S/C11H13F3N2O2/c12-11(13,14)7-16-10(18)15-6-9(17)8-4-2-1-3-5-8/h1-5,9,17H,6-7H2,(H2,15,16,18). The molecule has 2 amide bonds. The highest BCUT2D eigenvalue weighted by atomic mass is 19.4. The first-order valence-electron chi connectivity index (χ1n) is 5.20. The molecule has 100 valence electrons. The fourth-order valence-corrected chi connectivity index (χ4v) is 1.23. The second-order valence-corrected chi connectivity index (χ2v) is 3.61. The van der Waals surface area contributed by atoms with Crippen molar-refractivity contribution in [3.63, 3.8) is 0 Å². The van der Waals surface area contributed by atoms with E-state index < -0.39 is 24.9 Å². The first kappa shape index (κ1) is 14.3. The van der Waals surface area contributed by atoms with Gasteiger partial charge in [0.05, 0.1) is 6.10 Å². The summed E-state index contributed by atoms with van der Waals surface area (Å²) < 4.78 is 35.4. The summed E-state index contributed by atoms with van der Waals surface area (Å²) >= 11 is 0. The number of aliphatic hydroxyl groups is 1. The Morgan fingerprint density at radius 3 is 2.39 bits per heavy atom. The Kier molecular flexibility index (Phi) is 4.96. The number of hydrogen-bond acceptors (Lipinski definition) is 2. The molecule has 1 rings (SSSR count). The van der Waals surface area contributed by atoms with E-state index in [1.165, 1.54) is 0 Å². The topological polar surface area (TPSA) is 61.4 Å². The molecule has 0 bridgehead atoms. The molecule has 0 heterocycles. The number of nitrogens with one attached hydrogen (secondary N) is 2. The Bertz CT molecular complexity index is 382. The molecule has 0 spiro atoms. The van der Waals surface area contributed by atoms with Gasteiger partial charge in [0.2, 0.25) is 0 Å². The monoisotopic (exact) mass is 262 g/mol. The van der Waals surface area contributed by atoms with Gasteiger partial charge < -0.3 is 15.7 Å². The Labute approximate surface area is 102 Å². The summed E-state index contributed by atoms with van der Waals surface area (Å²) in [6.45, 7) is -1.56. The van der Waals surface area contributed by atoms with Crippen molar-refractivity contribution >= 4 is 6.03 Å². The number of carbonyl (C=O) groups is 1. The van der Waals surface area contributed by atoms with E-state index in [0.717, 1.165) is 0 Å². The quantitative estimate of drug-likeness (QED) is 0.771. The molecule has 1 unspecified atom stereocenters. The molecule has 1 aromatic carbocycles. The van der Waals surface area contributed by atoms with Crippen LogP contribution in [0.4, 0.5) is 18.0 Å². The van der Waals surface area contributed by atoms with E-state index in [9.17, 15) is 23.1 Å². The van der Waals surface area contributed by atoms with Crippen LogP contribution in [0.1, 0.15) is 11.7 Å². The van der Waals surface area contributed by atoms with Gasteiger partial charge in [-0.2, -0.15) is 13.2 Å². The molecule has 3 N–H and O–H groups in total. The van der Waals surface area contributed by atoms with Crippen LogP contribution in [0, 0.1) is 0 Å². The van der Waals surface area contributed by atoms with Gasteiger partial charge in [-0.05, 0) is 5.56 Å². The summed E-state index contributed by atoms with van der Waals surface area (Å²) in [5.41, 5.74) is 0.577. The van der Waals surface area contributed by atoms with Gasteiger partial charge in [0.15, 0.2) is 0 Å². The Hall–Kier alpha value is -1.76. The maximum absolute atomic E-state index is 11.8. The highest BCUT2D eigenvalue weighted by Gasteiger charge is 2.27. The molecule has 0 aliphatic heterocycles. The molecule has 18 heavy (non-hydrogen) atoms. The SMILES string of the molecule is O=C(NCC(O)c1ccccc1)NCC(F)(F)F. The van der Waals surface area contributed by atoms with Crippen molar-refractivity contribution in [1.29, 1.82) is 0 Å². The average Bonchev–Trinajstić information content (AvgIpc) is 2.33. The third-order valence-electron chi connectivity index (χ3n) is 2.09. The lowest BCUT2D eigenvalue weighted by atomic mass is 10.1. The first-order chi connectivity index (χ1) is 8.38. The number of aliphatic hydroxyl groups excluding tert-OH is 1. The number of hydrogen-bond donors (Lipinski definition) is 3. The smallest absolute Gasteiger partial charge is 0.387 e. The van der Waals surface area contributed by atoms with Crippen LogP contribution in [0.5, 0.6) is 0 Å². The van der Waals surface area contributed by atoms with Gasteiger partial charge in [0.25, 0.3) is 0 Å². The lowest BCUT2D eigenvalue weighted by Crippen LogP contribution is -2.42. The molecule has 1 atom stereocenters. The summed E-state index contributed by atoms with van der Waals surface area (Å²) in [4.78, 5) is 11.0. The zero-order chi connectivity index (χ0) is 13.6. The number of halogens is 3. The summed E-state index contributed by atoms with van der Waals surface area (Å²) in [5.74, 6) is 0. The molecule has 4 nitrogen and oxygen atoms in total. The van der Waals surface area contributed by atoms with Gasteiger partial charge in [0.1, 0.15) is 6.54 Å². The molecule has 7 heteroatoms.